The maximum absolute atomic E-state index is 11.3. The van der Waals surface area contributed by atoms with E-state index in [1.54, 1.807) is 23.9 Å². The maximum atomic E-state index is 11.3. The van der Waals surface area contributed by atoms with Gasteiger partial charge >= 0.3 is 5.97 Å². The lowest BCUT2D eigenvalue weighted by Gasteiger charge is -2.16. The fourth-order valence-electron chi connectivity index (χ4n) is 2.13. The summed E-state index contributed by atoms with van der Waals surface area (Å²) in [5.74, 6) is -0.760. The van der Waals surface area contributed by atoms with Crippen LogP contribution < -0.4 is 0 Å². The molecule has 2 nitrogen and oxygen atoms in total. The number of carbonyl (C=O) groups is 1. The normalized spacial score (nSPS) is 18.2. The largest absolute Gasteiger partial charge is 0.480 e. The summed E-state index contributed by atoms with van der Waals surface area (Å²) >= 11 is 7.39. The predicted octanol–water partition coefficient (Wildman–Crippen LogP) is 4.14. The zero-order chi connectivity index (χ0) is 12.3. The van der Waals surface area contributed by atoms with E-state index < -0.39 is 11.2 Å². The number of hydrogen-bond donors (Lipinski definition) is 1. The minimum atomic E-state index is -0.760. The van der Waals surface area contributed by atoms with Gasteiger partial charge in [-0.15, -0.1) is 11.8 Å². The third-order valence-corrected chi connectivity index (χ3v) is 4.88. The molecule has 1 saturated carbocycles. The summed E-state index contributed by atoms with van der Waals surface area (Å²) in [4.78, 5) is 11.3. The lowest BCUT2D eigenvalue weighted by Crippen LogP contribution is -2.11. The number of benzene rings is 1. The van der Waals surface area contributed by atoms with Gasteiger partial charge in [-0.25, -0.2) is 0 Å². The van der Waals surface area contributed by atoms with Crippen LogP contribution in [0.4, 0.5) is 0 Å². The lowest BCUT2D eigenvalue weighted by atomic mass is 10.1. The van der Waals surface area contributed by atoms with Crippen LogP contribution >= 0.6 is 23.4 Å². The molecule has 0 heterocycles. The Morgan fingerprint density at radius 3 is 2.41 bits per heavy atom. The zero-order valence-corrected chi connectivity index (χ0v) is 11.0. The van der Waals surface area contributed by atoms with Crippen molar-refractivity contribution in [1.29, 1.82) is 0 Å². The first kappa shape index (κ1) is 12.8. The van der Waals surface area contributed by atoms with Crippen LogP contribution in [-0.4, -0.2) is 16.3 Å². The van der Waals surface area contributed by atoms with Crippen molar-refractivity contribution in [2.24, 2.45) is 0 Å². The Hall–Kier alpha value is -0.670. The molecular weight excluding hydrogens is 256 g/mol. The van der Waals surface area contributed by atoms with Crippen LogP contribution in [-0.2, 0) is 4.79 Å². The number of carboxylic acids is 1. The number of aliphatic carboxylic acids is 1. The summed E-state index contributed by atoms with van der Waals surface area (Å²) in [6, 6.07) is 7.12. The van der Waals surface area contributed by atoms with Crippen LogP contribution in [0, 0.1) is 0 Å². The van der Waals surface area contributed by atoms with E-state index >= 15 is 0 Å². The van der Waals surface area contributed by atoms with Crippen LogP contribution in [0.1, 0.15) is 36.5 Å². The predicted molar refractivity (Wildman–Crippen MR) is 71.7 cm³/mol. The molecule has 1 aromatic carbocycles. The van der Waals surface area contributed by atoms with E-state index in [-0.39, 0.29) is 0 Å². The van der Waals surface area contributed by atoms with Gasteiger partial charge in [-0.05, 0) is 30.5 Å². The van der Waals surface area contributed by atoms with Crippen LogP contribution in [0.2, 0.25) is 5.02 Å². The molecule has 0 bridgehead atoms. The quantitative estimate of drug-likeness (QED) is 0.893. The number of thioether (sulfide) groups is 1. The van der Waals surface area contributed by atoms with Crippen molar-refractivity contribution in [3.05, 3.63) is 34.9 Å². The van der Waals surface area contributed by atoms with Gasteiger partial charge in [0.1, 0.15) is 5.25 Å². The fourth-order valence-corrected chi connectivity index (χ4v) is 3.68. The van der Waals surface area contributed by atoms with E-state index in [0.717, 1.165) is 18.4 Å². The Bertz CT molecular complexity index is 385. The van der Waals surface area contributed by atoms with Gasteiger partial charge in [0.15, 0.2) is 0 Å². The molecule has 2 rings (SSSR count). The molecule has 1 aliphatic rings. The van der Waals surface area contributed by atoms with Crippen LogP contribution in [0.25, 0.3) is 0 Å². The van der Waals surface area contributed by atoms with E-state index in [9.17, 15) is 9.90 Å². The smallest absolute Gasteiger partial charge is 0.321 e. The highest BCUT2D eigenvalue weighted by Crippen LogP contribution is 2.39. The molecule has 0 aromatic heterocycles. The minimum absolute atomic E-state index is 0.463. The van der Waals surface area contributed by atoms with Gasteiger partial charge in [0, 0.05) is 10.3 Å². The molecule has 1 N–H and O–H groups in total. The summed E-state index contributed by atoms with van der Waals surface area (Å²) in [7, 11) is 0. The minimum Gasteiger partial charge on any atom is -0.480 e. The van der Waals surface area contributed by atoms with Crippen molar-refractivity contribution >= 4 is 29.3 Å². The maximum Gasteiger partial charge on any atom is 0.321 e. The Morgan fingerprint density at radius 2 is 1.88 bits per heavy atom. The summed E-state index contributed by atoms with van der Waals surface area (Å²) in [5.41, 5.74) is 0.832. The van der Waals surface area contributed by atoms with Gasteiger partial charge < -0.3 is 5.11 Å². The van der Waals surface area contributed by atoms with Gasteiger partial charge in [-0.2, -0.15) is 0 Å². The van der Waals surface area contributed by atoms with Gasteiger partial charge in [0.25, 0.3) is 0 Å². The molecule has 0 aliphatic heterocycles. The van der Waals surface area contributed by atoms with Gasteiger partial charge in [-0.1, -0.05) is 36.6 Å². The number of rotatable bonds is 4. The SMILES string of the molecule is O=C(O)C(SC1CCCC1)c1ccc(Cl)cc1. The summed E-state index contributed by atoms with van der Waals surface area (Å²) in [5, 5.41) is 9.97. The molecule has 1 aromatic rings. The Morgan fingerprint density at radius 1 is 1.29 bits per heavy atom. The topological polar surface area (TPSA) is 37.3 Å². The molecule has 4 heteroatoms. The molecule has 0 spiro atoms. The van der Waals surface area contributed by atoms with E-state index in [4.69, 9.17) is 11.6 Å². The van der Waals surface area contributed by atoms with Gasteiger partial charge in [-0.3, -0.25) is 4.79 Å². The summed E-state index contributed by atoms with van der Waals surface area (Å²) in [6.07, 6.45) is 4.74. The average molecular weight is 271 g/mol. The molecule has 0 saturated heterocycles. The van der Waals surface area contributed by atoms with Crippen LogP contribution in [0.3, 0.4) is 0 Å². The average Bonchev–Trinajstić information content (AvgIpc) is 2.80. The Kier molecular flexibility index (Phi) is 4.35. The standard InChI is InChI=1S/C13H15ClO2S/c14-10-7-5-9(6-8-10)12(13(15)16)17-11-3-1-2-4-11/h5-8,11-12H,1-4H2,(H,15,16). The van der Waals surface area contributed by atoms with E-state index in [0.29, 0.717) is 10.3 Å². The first-order valence-corrected chi connectivity index (χ1v) is 7.12. The lowest BCUT2D eigenvalue weighted by molar-refractivity contribution is -0.136. The Balaban J connectivity index is 2.10. The second-order valence-electron chi connectivity index (χ2n) is 4.31. The van der Waals surface area contributed by atoms with Crippen LogP contribution in [0.5, 0.6) is 0 Å². The molecule has 1 fully saturated rings. The highest BCUT2D eigenvalue weighted by Gasteiger charge is 2.26. The van der Waals surface area contributed by atoms with Gasteiger partial charge in [0.2, 0.25) is 0 Å². The molecule has 1 atom stereocenters. The molecule has 17 heavy (non-hydrogen) atoms. The molecule has 1 unspecified atom stereocenters. The van der Waals surface area contributed by atoms with E-state index in [1.807, 2.05) is 12.1 Å². The third kappa shape index (κ3) is 3.39. The van der Waals surface area contributed by atoms with Crippen LogP contribution in [0.15, 0.2) is 24.3 Å². The van der Waals surface area contributed by atoms with Gasteiger partial charge in [0.05, 0.1) is 0 Å². The third-order valence-electron chi connectivity index (χ3n) is 3.03. The van der Waals surface area contributed by atoms with E-state index in [2.05, 4.69) is 0 Å². The van der Waals surface area contributed by atoms with Crippen molar-refractivity contribution in [3.63, 3.8) is 0 Å². The zero-order valence-electron chi connectivity index (χ0n) is 9.43. The Labute approximate surface area is 110 Å². The summed E-state index contributed by atoms with van der Waals surface area (Å²) in [6.45, 7) is 0. The van der Waals surface area contributed by atoms with Crippen molar-refractivity contribution in [1.82, 2.24) is 0 Å². The number of carboxylic acid groups (broad SMARTS) is 1. The van der Waals surface area contributed by atoms with Crippen molar-refractivity contribution in [2.45, 2.75) is 36.2 Å². The second kappa shape index (κ2) is 5.78. The number of halogens is 1. The molecule has 92 valence electrons. The molecule has 1 aliphatic carbocycles. The number of hydrogen-bond acceptors (Lipinski definition) is 2. The monoisotopic (exact) mass is 270 g/mol. The molecule has 0 radical (unpaired) electrons. The fraction of sp³-hybridized carbons (Fsp3) is 0.462. The second-order valence-corrected chi connectivity index (χ2v) is 6.16. The van der Waals surface area contributed by atoms with Crippen molar-refractivity contribution in [2.75, 3.05) is 0 Å². The first-order chi connectivity index (χ1) is 8.16. The van der Waals surface area contributed by atoms with Crippen molar-refractivity contribution < 1.29 is 9.90 Å². The molecule has 0 amide bonds. The first-order valence-electron chi connectivity index (χ1n) is 5.80. The summed E-state index contributed by atoms with van der Waals surface area (Å²) < 4.78 is 0. The molecular formula is C13H15ClO2S. The highest BCUT2D eigenvalue weighted by atomic mass is 35.5. The van der Waals surface area contributed by atoms with Crippen molar-refractivity contribution in [3.8, 4) is 0 Å². The van der Waals surface area contributed by atoms with E-state index in [1.165, 1.54) is 12.8 Å². The highest BCUT2D eigenvalue weighted by molar-refractivity contribution is 8.00.